The van der Waals surface area contributed by atoms with Gasteiger partial charge < -0.3 is 10.1 Å². The van der Waals surface area contributed by atoms with E-state index in [1.807, 2.05) is 26.8 Å². The zero-order valence-corrected chi connectivity index (χ0v) is 18.0. The molecular weight excluding hydrogens is 398 g/mol. The minimum Gasteiger partial charge on any atom is -0.462 e. The molecule has 0 bridgehead atoms. The second-order valence-corrected chi connectivity index (χ2v) is 7.01. The highest BCUT2D eigenvalue weighted by molar-refractivity contribution is 5.93. The Labute approximate surface area is 179 Å². The first-order valence-corrected chi connectivity index (χ1v) is 10.0. The SMILES string of the molecule is CCOC(=O)c1ccc(NC(=O)Cn2c(-n3nc(C)cc3C)nc(CC)cc2=O)cc1. The van der Waals surface area contributed by atoms with Gasteiger partial charge in [0.15, 0.2) is 0 Å². The van der Waals surface area contributed by atoms with Crippen molar-refractivity contribution in [2.75, 3.05) is 11.9 Å². The molecule has 2 aromatic heterocycles. The predicted octanol–water partition coefficient (Wildman–Crippen LogP) is 2.42. The third-order valence-corrected chi connectivity index (χ3v) is 4.58. The van der Waals surface area contributed by atoms with Gasteiger partial charge in [0.25, 0.3) is 5.56 Å². The number of hydrogen-bond acceptors (Lipinski definition) is 6. The maximum atomic E-state index is 12.7. The molecule has 0 unspecified atom stereocenters. The number of carbonyl (C=O) groups is 2. The van der Waals surface area contributed by atoms with Gasteiger partial charge >= 0.3 is 5.97 Å². The number of rotatable bonds is 7. The smallest absolute Gasteiger partial charge is 0.338 e. The Morgan fingerprint density at radius 1 is 1.10 bits per heavy atom. The number of aryl methyl sites for hydroxylation is 3. The van der Waals surface area contributed by atoms with Gasteiger partial charge in [-0.05, 0) is 57.5 Å². The molecule has 3 aromatic rings. The third-order valence-electron chi connectivity index (χ3n) is 4.58. The summed E-state index contributed by atoms with van der Waals surface area (Å²) in [5.74, 6) is -0.536. The van der Waals surface area contributed by atoms with E-state index < -0.39 is 11.9 Å². The van der Waals surface area contributed by atoms with Gasteiger partial charge in [-0.2, -0.15) is 5.10 Å². The van der Waals surface area contributed by atoms with Gasteiger partial charge in [0.2, 0.25) is 11.9 Å². The molecule has 0 aliphatic rings. The number of aromatic nitrogens is 4. The maximum Gasteiger partial charge on any atom is 0.338 e. The van der Waals surface area contributed by atoms with Crippen LogP contribution in [0.4, 0.5) is 5.69 Å². The van der Waals surface area contributed by atoms with Crippen LogP contribution >= 0.6 is 0 Å². The lowest BCUT2D eigenvalue weighted by molar-refractivity contribution is -0.116. The van der Waals surface area contributed by atoms with Gasteiger partial charge in [-0.15, -0.1) is 0 Å². The predicted molar refractivity (Wildman–Crippen MR) is 115 cm³/mol. The lowest BCUT2D eigenvalue weighted by Crippen LogP contribution is -2.32. The summed E-state index contributed by atoms with van der Waals surface area (Å²) in [6, 6.07) is 9.65. The Bertz CT molecular complexity index is 1160. The summed E-state index contributed by atoms with van der Waals surface area (Å²) in [5.41, 5.74) is 2.77. The summed E-state index contributed by atoms with van der Waals surface area (Å²) in [6.07, 6.45) is 0.585. The Balaban J connectivity index is 1.85. The van der Waals surface area contributed by atoms with Gasteiger partial charge in [-0.3, -0.25) is 14.2 Å². The van der Waals surface area contributed by atoms with E-state index >= 15 is 0 Å². The average Bonchev–Trinajstić information content (AvgIpc) is 3.07. The van der Waals surface area contributed by atoms with Crippen LogP contribution in [0.5, 0.6) is 0 Å². The van der Waals surface area contributed by atoms with E-state index in [1.54, 1.807) is 35.9 Å². The number of nitrogens with one attached hydrogen (secondary N) is 1. The summed E-state index contributed by atoms with van der Waals surface area (Å²) in [4.78, 5) is 41.7. The van der Waals surface area contributed by atoms with E-state index in [0.29, 0.717) is 29.3 Å². The van der Waals surface area contributed by atoms with E-state index in [2.05, 4.69) is 15.4 Å². The Kier molecular flexibility index (Phi) is 6.64. The molecule has 3 rings (SSSR count). The fourth-order valence-electron chi connectivity index (χ4n) is 3.11. The summed E-state index contributed by atoms with van der Waals surface area (Å²) < 4.78 is 7.81. The van der Waals surface area contributed by atoms with Crippen molar-refractivity contribution in [3.05, 3.63) is 69.4 Å². The van der Waals surface area contributed by atoms with Crippen LogP contribution < -0.4 is 10.9 Å². The first-order valence-electron chi connectivity index (χ1n) is 10.0. The van der Waals surface area contributed by atoms with Crippen LogP contribution in [-0.2, 0) is 22.5 Å². The third kappa shape index (κ3) is 5.06. The molecule has 0 atom stereocenters. The number of hydrogen-bond donors (Lipinski definition) is 1. The first-order chi connectivity index (χ1) is 14.8. The van der Waals surface area contributed by atoms with Gasteiger partial charge in [-0.1, -0.05) is 6.92 Å². The number of ether oxygens (including phenoxy) is 1. The minimum atomic E-state index is -0.427. The molecule has 1 N–H and O–H groups in total. The van der Waals surface area contributed by atoms with Crippen molar-refractivity contribution in [3.8, 4) is 5.95 Å². The fraction of sp³-hybridized carbons (Fsp3) is 0.318. The van der Waals surface area contributed by atoms with Crippen LogP contribution in [0.2, 0.25) is 0 Å². The first kappa shape index (κ1) is 21.9. The van der Waals surface area contributed by atoms with Crippen molar-refractivity contribution in [1.82, 2.24) is 19.3 Å². The van der Waals surface area contributed by atoms with E-state index in [0.717, 1.165) is 11.4 Å². The molecule has 1 amide bonds. The van der Waals surface area contributed by atoms with Crippen LogP contribution in [0.3, 0.4) is 0 Å². The molecule has 0 fully saturated rings. The fourth-order valence-corrected chi connectivity index (χ4v) is 3.11. The van der Waals surface area contributed by atoms with Crippen LogP contribution in [0.15, 0.2) is 41.2 Å². The van der Waals surface area contributed by atoms with Gasteiger partial charge in [0.05, 0.1) is 17.9 Å². The second kappa shape index (κ2) is 9.38. The zero-order chi connectivity index (χ0) is 22.5. The van der Waals surface area contributed by atoms with Crippen LogP contribution in [0, 0.1) is 13.8 Å². The molecule has 0 saturated heterocycles. The molecule has 0 aliphatic heterocycles. The Morgan fingerprint density at radius 3 is 2.39 bits per heavy atom. The van der Waals surface area contributed by atoms with Crippen molar-refractivity contribution in [2.45, 2.75) is 40.7 Å². The number of amides is 1. The minimum absolute atomic E-state index is 0.233. The number of nitrogens with zero attached hydrogens (tertiary/aromatic N) is 4. The van der Waals surface area contributed by atoms with Gasteiger partial charge in [0.1, 0.15) is 6.54 Å². The Hall–Kier alpha value is -3.75. The Morgan fingerprint density at radius 2 is 1.81 bits per heavy atom. The number of anilines is 1. The van der Waals surface area contributed by atoms with Crippen molar-refractivity contribution in [3.63, 3.8) is 0 Å². The molecule has 1 aromatic carbocycles. The number of benzene rings is 1. The molecule has 0 saturated carbocycles. The largest absolute Gasteiger partial charge is 0.462 e. The van der Waals surface area contributed by atoms with E-state index in [-0.39, 0.29) is 18.7 Å². The quantitative estimate of drug-likeness (QED) is 0.585. The summed E-state index contributed by atoms with van der Waals surface area (Å²) in [7, 11) is 0. The van der Waals surface area contributed by atoms with E-state index in [9.17, 15) is 14.4 Å². The maximum absolute atomic E-state index is 12.7. The normalized spacial score (nSPS) is 10.7. The monoisotopic (exact) mass is 423 g/mol. The molecule has 9 heteroatoms. The highest BCUT2D eigenvalue weighted by Crippen LogP contribution is 2.13. The van der Waals surface area contributed by atoms with Crippen LogP contribution in [0.1, 0.15) is 41.3 Å². The zero-order valence-electron chi connectivity index (χ0n) is 18.0. The van der Waals surface area contributed by atoms with Crippen molar-refractivity contribution < 1.29 is 14.3 Å². The average molecular weight is 423 g/mol. The summed E-state index contributed by atoms with van der Waals surface area (Å²) in [6.45, 7) is 7.40. The lowest BCUT2D eigenvalue weighted by Gasteiger charge is -2.14. The molecule has 0 aliphatic carbocycles. The highest BCUT2D eigenvalue weighted by Gasteiger charge is 2.16. The van der Waals surface area contributed by atoms with Crippen LogP contribution in [0.25, 0.3) is 5.95 Å². The second-order valence-electron chi connectivity index (χ2n) is 7.01. The summed E-state index contributed by atoms with van der Waals surface area (Å²) in [5, 5.41) is 7.14. The lowest BCUT2D eigenvalue weighted by atomic mass is 10.2. The van der Waals surface area contributed by atoms with Crippen molar-refractivity contribution >= 4 is 17.6 Å². The van der Waals surface area contributed by atoms with Crippen molar-refractivity contribution in [1.29, 1.82) is 0 Å². The molecular formula is C22H25N5O4. The van der Waals surface area contributed by atoms with Gasteiger partial charge in [-0.25, -0.2) is 14.5 Å². The highest BCUT2D eigenvalue weighted by atomic mass is 16.5. The van der Waals surface area contributed by atoms with E-state index in [1.165, 1.54) is 10.6 Å². The topological polar surface area (TPSA) is 108 Å². The van der Waals surface area contributed by atoms with E-state index in [4.69, 9.17) is 4.74 Å². The molecule has 2 heterocycles. The van der Waals surface area contributed by atoms with Gasteiger partial charge in [0, 0.05) is 23.1 Å². The molecule has 0 radical (unpaired) electrons. The molecule has 0 spiro atoms. The molecule has 9 nitrogen and oxygen atoms in total. The molecule has 162 valence electrons. The number of esters is 1. The van der Waals surface area contributed by atoms with Crippen molar-refractivity contribution in [2.24, 2.45) is 0 Å². The summed E-state index contributed by atoms with van der Waals surface area (Å²) >= 11 is 0. The van der Waals surface area contributed by atoms with Crippen LogP contribution in [-0.4, -0.2) is 37.8 Å². The standard InChI is InChI=1S/C22H25N5O4/c1-5-17-12-20(29)26(22(24-17)27-15(4)11-14(3)25-27)13-19(28)23-18-9-7-16(8-10-18)21(30)31-6-2/h7-12H,5-6,13H2,1-4H3,(H,23,28). The number of carbonyl (C=O) groups excluding carboxylic acids is 2. The molecule has 31 heavy (non-hydrogen) atoms.